The van der Waals surface area contributed by atoms with Crippen molar-refractivity contribution in [1.29, 1.82) is 0 Å². The van der Waals surface area contributed by atoms with E-state index in [-0.39, 0.29) is 26.9 Å². The monoisotopic (exact) mass is 410 g/mol. The van der Waals surface area contributed by atoms with Crippen LogP contribution in [0, 0.1) is 0 Å². The van der Waals surface area contributed by atoms with E-state index in [2.05, 4.69) is 14.7 Å². The minimum atomic E-state index is -1.18. The van der Waals surface area contributed by atoms with E-state index >= 15 is 0 Å². The molecular formula is C9H12N3O4W-. The van der Waals surface area contributed by atoms with E-state index in [0.29, 0.717) is 0 Å². The number of rotatable bonds is 2. The normalized spacial score (nSPS) is 10.6. The number of carbonyl (C=O) groups is 1. The Kier molecular flexibility index (Phi) is 5.04. The molecular weight excluding hydrogens is 398 g/mol. The number of carbonyl (C=O) groups excluding carboxylic acids is 1. The van der Waals surface area contributed by atoms with Crippen molar-refractivity contribution < 1.29 is 35.7 Å². The van der Waals surface area contributed by atoms with E-state index in [1.165, 1.54) is 13.8 Å². The van der Waals surface area contributed by atoms with Gasteiger partial charge in [-0.25, -0.2) is 9.78 Å². The van der Waals surface area contributed by atoms with E-state index < -0.39 is 28.5 Å². The zero-order valence-electron chi connectivity index (χ0n) is 9.53. The summed E-state index contributed by atoms with van der Waals surface area (Å²) in [5.74, 6) is -1.75. The quantitative estimate of drug-likeness (QED) is 0.691. The van der Waals surface area contributed by atoms with Gasteiger partial charge in [0.05, 0.1) is 12.9 Å². The number of aromatic hydroxyl groups is 1. The SMILES string of the molecule is COC(=O)c1nc(C(C)(C)[NH-])[nH]c(=O)c1O.[W]. The van der Waals surface area contributed by atoms with Gasteiger partial charge in [0.25, 0.3) is 5.56 Å². The molecule has 0 aromatic carbocycles. The molecule has 0 spiro atoms. The molecule has 0 aliphatic rings. The van der Waals surface area contributed by atoms with E-state index in [0.717, 1.165) is 7.11 Å². The number of aromatic amines is 1. The molecule has 1 rings (SSSR count). The summed E-state index contributed by atoms with van der Waals surface area (Å²) in [5, 5.41) is 9.32. The van der Waals surface area contributed by atoms with Crippen molar-refractivity contribution >= 4 is 5.97 Å². The molecule has 94 valence electrons. The van der Waals surface area contributed by atoms with Gasteiger partial charge in [0.15, 0.2) is 5.69 Å². The summed E-state index contributed by atoms with van der Waals surface area (Å²) >= 11 is 0. The third kappa shape index (κ3) is 3.38. The summed E-state index contributed by atoms with van der Waals surface area (Å²) in [6.07, 6.45) is 0. The second kappa shape index (κ2) is 5.42. The Hall–Kier alpha value is -1.20. The van der Waals surface area contributed by atoms with Crippen LogP contribution in [-0.4, -0.2) is 28.2 Å². The first-order valence-electron chi connectivity index (χ1n) is 4.44. The van der Waals surface area contributed by atoms with Crippen molar-refractivity contribution in [2.75, 3.05) is 7.11 Å². The van der Waals surface area contributed by atoms with Crippen LogP contribution in [0.15, 0.2) is 4.79 Å². The minimum absolute atomic E-state index is 0. The molecule has 1 aromatic heterocycles. The number of ether oxygens (including phenoxy) is 1. The maximum Gasteiger partial charge on any atom is 0.360 e. The van der Waals surface area contributed by atoms with Gasteiger partial charge in [0, 0.05) is 21.1 Å². The van der Waals surface area contributed by atoms with Gasteiger partial charge < -0.3 is 20.6 Å². The van der Waals surface area contributed by atoms with E-state index in [9.17, 15) is 14.7 Å². The molecule has 0 fully saturated rings. The Labute approximate surface area is 112 Å². The third-order valence-electron chi connectivity index (χ3n) is 1.87. The van der Waals surface area contributed by atoms with Gasteiger partial charge in [-0.3, -0.25) is 4.79 Å². The Morgan fingerprint density at radius 3 is 2.47 bits per heavy atom. The topological polar surface area (TPSA) is 116 Å². The number of esters is 1. The van der Waals surface area contributed by atoms with Gasteiger partial charge in [-0.2, -0.15) is 0 Å². The van der Waals surface area contributed by atoms with Crippen LogP contribution >= 0.6 is 0 Å². The van der Waals surface area contributed by atoms with Crippen LogP contribution in [0.3, 0.4) is 0 Å². The molecule has 1 heterocycles. The molecule has 8 heteroatoms. The van der Waals surface area contributed by atoms with Crippen LogP contribution in [-0.2, 0) is 31.3 Å². The van der Waals surface area contributed by atoms with E-state index in [1.807, 2.05) is 0 Å². The Bertz CT molecular complexity index is 478. The smallest absolute Gasteiger partial charge is 0.360 e. The Morgan fingerprint density at radius 2 is 2.06 bits per heavy atom. The first kappa shape index (κ1) is 15.8. The van der Waals surface area contributed by atoms with Crippen LogP contribution in [0.5, 0.6) is 5.75 Å². The molecule has 0 saturated heterocycles. The fourth-order valence-corrected chi connectivity index (χ4v) is 1.00. The van der Waals surface area contributed by atoms with E-state index in [4.69, 9.17) is 5.73 Å². The molecule has 7 nitrogen and oxygen atoms in total. The van der Waals surface area contributed by atoms with Crippen molar-refractivity contribution in [3.05, 3.63) is 27.6 Å². The number of hydrogen-bond donors (Lipinski definition) is 2. The van der Waals surface area contributed by atoms with Gasteiger partial charge in [-0.05, 0) is 0 Å². The predicted octanol–water partition coefficient (Wildman–Crippen LogP) is 0.547. The summed E-state index contributed by atoms with van der Waals surface area (Å²) < 4.78 is 4.36. The van der Waals surface area contributed by atoms with Gasteiger partial charge in [0.2, 0.25) is 5.75 Å². The molecule has 17 heavy (non-hydrogen) atoms. The minimum Gasteiger partial charge on any atom is -0.666 e. The molecule has 3 N–H and O–H groups in total. The molecule has 0 aliphatic heterocycles. The average molecular weight is 410 g/mol. The average Bonchev–Trinajstić information content (AvgIpc) is 2.19. The summed E-state index contributed by atoms with van der Waals surface area (Å²) in [6, 6.07) is 0. The van der Waals surface area contributed by atoms with Crippen molar-refractivity contribution in [2.24, 2.45) is 0 Å². The summed E-state index contributed by atoms with van der Waals surface area (Å²) in [7, 11) is 1.11. The van der Waals surface area contributed by atoms with Crippen molar-refractivity contribution in [1.82, 2.24) is 9.97 Å². The van der Waals surface area contributed by atoms with E-state index in [1.54, 1.807) is 0 Å². The number of nitrogens with one attached hydrogen (secondary N) is 2. The van der Waals surface area contributed by atoms with Crippen LogP contribution in [0.25, 0.3) is 5.73 Å². The molecule has 0 bridgehead atoms. The Balaban J connectivity index is 0.00000256. The second-order valence-corrected chi connectivity index (χ2v) is 3.73. The van der Waals surface area contributed by atoms with Gasteiger partial charge in [-0.15, -0.1) is 0 Å². The second-order valence-electron chi connectivity index (χ2n) is 3.73. The van der Waals surface area contributed by atoms with Crippen LogP contribution in [0.1, 0.15) is 30.2 Å². The number of H-pyrrole nitrogens is 1. The number of nitrogens with zero attached hydrogens (tertiary/aromatic N) is 1. The third-order valence-corrected chi connectivity index (χ3v) is 1.87. The van der Waals surface area contributed by atoms with Gasteiger partial charge >= 0.3 is 5.97 Å². The van der Waals surface area contributed by atoms with Gasteiger partial charge in [-0.1, -0.05) is 19.4 Å². The van der Waals surface area contributed by atoms with Crippen molar-refractivity contribution in [3.63, 3.8) is 0 Å². The molecule has 1 aromatic rings. The standard InChI is InChI=1S/C9H12N3O4.W/c1-9(2,10)8-11-4(7(15)16-3)5(13)6(14)12-8;/h10,13H,1-3H3,(H,11,12,14);/q-1;. The molecule has 0 amide bonds. The molecule has 0 atom stereocenters. The largest absolute Gasteiger partial charge is 0.666 e. The first-order valence-corrected chi connectivity index (χ1v) is 4.44. The summed E-state index contributed by atoms with van der Waals surface area (Å²) in [4.78, 5) is 28.4. The summed E-state index contributed by atoms with van der Waals surface area (Å²) in [6.45, 7) is 2.98. The summed E-state index contributed by atoms with van der Waals surface area (Å²) in [5.41, 5.74) is 5.13. The van der Waals surface area contributed by atoms with Crippen molar-refractivity contribution in [2.45, 2.75) is 19.4 Å². The Morgan fingerprint density at radius 1 is 1.53 bits per heavy atom. The molecule has 0 saturated carbocycles. The molecule has 0 unspecified atom stereocenters. The maximum atomic E-state index is 11.3. The zero-order chi connectivity index (χ0) is 12.5. The number of hydrogen-bond acceptors (Lipinski definition) is 5. The van der Waals surface area contributed by atoms with Crippen molar-refractivity contribution in [3.8, 4) is 5.75 Å². The predicted molar refractivity (Wildman–Crippen MR) is 55.2 cm³/mol. The maximum absolute atomic E-state index is 11.3. The van der Waals surface area contributed by atoms with Gasteiger partial charge in [0.1, 0.15) is 0 Å². The fraction of sp³-hybridized carbons (Fsp3) is 0.444. The number of methoxy groups -OCH3 is 1. The van der Waals surface area contributed by atoms with Crippen LogP contribution in [0.2, 0.25) is 0 Å². The van der Waals surface area contributed by atoms with Crippen LogP contribution in [0.4, 0.5) is 0 Å². The number of aromatic nitrogens is 2. The molecule has 0 aliphatic carbocycles. The first-order chi connectivity index (χ1) is 7.27. The zero-order valence-corrected chi connectivity index (χ0v) is 12.5. The molecule has 0 radical (unpaired) electrons. The fourth-order valence-electron chi connectivity index (χ4n) is 1.00. The van der Waals surface area contributed by atoms with Crippen LogP contribution < -0.4 is 5.56 Å².